The fourth-order valence-electron chi connectivity index (χ4n) is 5.12. The first-order chi connectivity index (χ1) is 19.1. The Morgan fingerprint density at radius 2 is 0.846 bits per heavy atom. The summed E-state index contributed by atoms with van der Waals surface area (Å²) in [7, 11) is 0. The first-order valence-electron chi connectivity index (χ1n) is 12.9. The molecule has 0 aliphatic carbocycles. The number of hydrogen-bond donors (Lipinski definition) is 0. The van der Waals surface area contributed by atoms with Gasteiger partial charge in [0.25, 0.3) is 0 Å². The molecule has 0 spiro atoms. The topological polar surface area (TPSA) is 78.5 Å². The number of epoxide rings is 1. The van der Waals surface area contributed by atoms with Crippen molar-refractivity contribution in [3.05, 3.63) is 175 Å². The van der Waals surface area contributed by atoms with Crippen LogP contribution in [0.4, 0.5) is 0 Å². The van der Waals surface area contributed by atoms with Crippen LogP contribution in [0.3, 0.4) is 0 Å². The van der Waals surface area contributed by atoms with Crippen LogP contribution in [-0.2, 0) is 11.3 Å². The van der Waals surface area contributed by atoms with E-state index < -0.39 is 29.2 Å². The van der Waals surface area contributed by atoms with Crippen LogP contribution in [-0.4, -0.2) is 26.4 Å². The van der Waals surface area contributed by atoms with E-state index in [4.69, 9.17) is 4.74 Å². The van der Waals surface area contributed by atoms with Gasteiger partial charge in [-0.05, 0) is 22.3 Å². The van der Waals surface area contributed by atoms with Gasteiger partial charge in [-0.3, -0.25) is 0 Å². The molecule has 1 aromatic heterocycles. The molecule has 2 heterocycles. The third-order valence-electron chi connectivity index (χ3n) is 7.05. The summed E-state index contributed by atoms with van der Waals surface area (Å²) in [5.74, 6) is 0. The Morgan fingerprint density at radius 3 is 1.13 bits per heavy atom. The maximum absolute atomic E-state index is 14.5. The van der Waals surface area contributed by atoms with Gasteiger partial charge in [-0.15, -0.1) is 0 Å². The molecular weight excluding hydrogens is 490 g/mol. The van der Waals surface area contributed by atoms with Crippen molar-refractivity contribution in [1.82, 2.24) is 13.7 Å². The Labute approximate surface area is 224 Å². The lowest BCUT2D eigenvalue weighted by atomic mass is 9.98. The molecule has 0 N–H and O–H groups in total. The highest BCUT2D eigenvalue weighted by Gasteiger charge is 2.32. The minimum atomic E-state index is -0.738. The molecule has 0 amide bonds. The van der Waals surface area contributed by atoms with Crippen molar-refractivity contribution in [2.75, 3.05) is 6.61 Å². The number of rotatable bonds is 8. The van der Waals surface area contributed by atoms with E-state index in [2.05, 4.69) is 0 Å². The molecule has 1 unspecified atom stereocenters. The molecule has 4 aromatic carbocycles. The summed E-state index contributed by atoms with van der Waals surface area (Å²) < 4.78 is 8.98. The van der Waals surface area contributed by atoms with Crippen molar-refractivity contribution >= 4 is 0 Å². The minimum absolute atomic E-state index is 0.0740. The molecule has 5 aromatic rings. The van der Waals surface area contributed by atoms with Crippen LogP contribution in [0.15, 0.2) is 136 Å². The summed E-state index contributed by atoms with van der Waals surface area (Å²) in [5.41, 5.74) is 1.06. The van der Waals surface area contributed by atoms with Crippen LogP contribution in [0.2, 0.25) is 0 Å². The molecule has 1 atom stereocenters. The highest BCUT2D eigenvalue weighted by molar-refractivity contribution is 5.34. The van der Waals surface area contributed by atoms with Gasteiger partial charge in [0.1, 0.15) is 0 Å². The quantitative estimate of drug-likeness (QED) is 0.293. The zero-order valence-electron chi connectivity index (χ0n) is 21.2. The molecule has 0 bridgehead atoms. The van der Waals surface area contributed by atoms with Gasteiger partial charge in [-0.1, -0.05) is 121 Å². The Kier molecular flexibility index (Phi) is 6.65. The van der Waals surface area contributed by atoms with Crippen LogP contribution < -0.4 is 17.1 Å². The average molecular weight is 518 g/mol. The lowest BCUT2D eigenvalue weighted by Crippen LogP contribution is -2.57. The van der Waals surface area contributed by atoms with E-state index in [0.29, 0.717) is 6.61 Å². The van der Waals surface area contributed by atoms with Crippen molar-refractivity contribution < 1.29 is 4.74 Å². The molecule has 1 aliphatic heterocycles. The van der Waals surface area contributed by atoms with Crippen molar-refractivity contribution in [2.24, 2.45) is 0 Å². The van der Waals surface area contributed by atoms with Crippen molar-refractivity contribution in [2.45, 2.75) is 24.7 Å². The Bertz CT molecular complexity index is 1540. The van der Waals surface area contributed by atoms with Gasteiger partial charge in [0.2, 0.25) is 0 Å². The Morgan fingerprint density at radius 1 is 0.538 bits per heavy atom. The van der Waals surface area contributed by atoms with Gasteiger partial charge < -0.3 is 4.74 Å². The third kappa shape index (κ3) is 4.80. The lowest BCUT2D eigenvalue weighted by Gasteiger charge is -2.26. The molecule has 7 nitrogen and oxygen atoms in total. The first kappa shape index (κ1) is 24.6. The van der Waals surface area contributed by atoms with E-state index in [9.17, 15) is 14.4 Å². The van der Waals surface area contributed by atoms with Gasteiger partial charge in [-0.25, -0.2) is 28.1 Å². The summed E-state index contributed by atoms with van der Waals surface area (Å²) in [4.78, 5) is 42.7. The summed E-state index contributed by atoms with van der Waals surface area (Å²) in [5, 5.41) is 0. The summed E-state index contributed by atoms with van der Waals surface area (Å²) in [6.45, 7) is 0.539. The normalized spacial score (nSPS) is 14.6. The standard InChI is InChI=1S/C32H27N3O4/c36-30-33(21-27-22-39-27)31(37)35(29(25-17-9-3-10-18-25)26-19-11-4-12-20-26)32(38)34(30)28(23-13-5-1-6-14-23)24-15-7-2-8-16-24/h1-20,27-29H,21-22H2. The monoisotopic (exact) mass is 517 g/mol. The maximum atomic E-state index is 14.5. The predicted molar refractivity (Wildman–Crippen MR) is 149 cm³/mol. The van der Waals surface area contributed by atoms with Gasteiger partial charge in [0.15, 0.2) is 0 Å². The second-order valence-electron chi connectivity index (χ2n) is 9.60. The third-order valence-corrected chi connectivity index (χ3v) is 7.05. The fourth-order valence-corrected chi connectivity index (χ4v) is 5.12. The number of benzene rings is 4. The second kappa shape index (κ2) is 10.6. The molecule has 39 heavy (non-hydrogen) atoms. The maximum Gasteiger partial charge on any atom is 0.338 e. The van der Waals surface area contributed by atoms with Crippen LogP contribution in [0.5, 0.6) is 0 Å². The highest BCUT2D eigenvalue weighted by Crippen LogP contribution is 2.27. The SMILES string of the molecule is O=c1n(CC2CO2)c(=O)n(C(c2ccccc2)c2ccccc2)c(=O)n1C(c1ccccc1)c1ccccc1. The van der Waals surface area contributed by atoms with Crippen molar-refractivity contribution in [3.8, 4) is 0 Å². The predicted octanol–water partition coefficient (Wildman–Crippen LogP) is 3.85. The van der Waals surface area contributed by atoms with E-state index in [1.54, 1.807) is 0 Å². The molecule has 6 rings (SSSR count). The van der Waals surface area contributed by atoms with Crippen LogP contribution in [0.1, 0.15) is 34.3 Å². The smallest absolute Gasteiger partial charge is 0.338 e. The first-order valence-corrected chi connectivity index (χ1v) is 12.9. The fraction of sp³-hybridized carbons (Fsp3) is 0.156. The van der Waals surface area contributed by atoms with Gasteiger partial charge in [0.05, 0.1) is 31.3 Å². The molecule has 1 fully saturated rings. The van der Waals surface area contributed by atoms with Crippen molar-refractivity contribution in [3.63, 3.8) is 0 Å². The second-order valence-corrected chi connectivity index (χ2v) is 9.60. The molecule has 1 aliphatic rings. The average Bonchev–Trinajstić information content (AvgIpc) is 3.82. The Hall–Kier alpha value is -4.75. The van der Waals surface area contributed by atoms with Crippen LogP contribution in [0, 0.1) is 0 Å². The largest absolute Gasteiger partial charge is 0.371 e. The molecule has 0 radical (unpaired) electrons. The molecule has 1 saturated heterocycles. The minimum Gasteiger partial charge on any atom is -0.371 e. The van der Waals surface area contributed by atoms with Gasteiger partial charge in [-0.2, -0.15) is 0 Å². The van der Waals surface area contributed by atoms with E-state index in [0.717, 1.165) is 26.8 Å². The van der Waals surface area contributed by atoms with Gasteiger partial charge >= 0.3 is 17.1 Å². The number of hydrogen-bond acceptors (Lipinski definition) is 4. The number of aromatic nitrogens is 3. The molecule has 7 heteroatoms. The molecule has 194 valence electrons. The summed E-state index contributed by atoms with van der Waals surface area (Å²) in [6, 6.07) is 36.2. The van der Waals surface area contributed by atoms with E-state index >= 15 is 0 Å². The molecule has 0 saturated carbocycles. The number of ether oxygens (including phenoxy) is 1. The van der Waals surface area contributed by atoms with E-state index in [-0.39, 0.29) is 12.6 Å². The lowest BCUT2D eigenvalue weighted by molar-refractivity contribution is 0.355. The van der Waals surface area contributed by atoms with Crippen LogP contribution >= 0.6 is 0 Å². The van der Waals surface area contributed by atoms with Gasteiger partial charge in [0, 0.05) is 0 Å². The van der Waals surface area contributed by atoms with Crippen LogP contribution in [0.25, 0.3) is 0 Å². The Balaban J connectivity index is 1.70. The zero-order valence-corrected chi connectivity index (χ0v) is 21.2. The molecular formula is C32H27N3O4. The van der Waals surface area contributed by atoms with E-state index in [1.165, 1.54) is 9.13 Å². The zero-order chi connectivity index (χ0) is 26.8. The summed E-state index contributed by atoms with van der Waals surface area (Å²) >= 11 is 0. The highest BCUT2D eigenvalue weighted by atomic mass is 16.6. The van der Waals surface area contributed by atoms with E-state index in [1.807, 2.05) is 121 Å². The summed E-state index contributed by atoms with van der Waals surface area (Å²) in [6.07, 6.45) is -0.242. The number of nitrogens with zero attached hydrogens (tertiary/aromatic N) is 3. The van der Waals surface area contributed by atoms with Crippen molar-refractivity contribution in [1.29, 1.82) is 0 Å².